The second-order valence-electron chi connectivity index (χ2n) is 5.95. The topological polar surface area (TPSA) is 18.5 Å². The van der Waals surface area contributed by atoms with Crippen LogP contribution in [-0.2, 0) is 0 Å². The third kappa shape index (κ3) is 3.83. The molecule has 3 nitrogen and oxygen atoms in total. The van der Waals surface area contributed by atoms with Crippen LogP contribution in [0.5, 0.6) is 0 Å². The van der Waals surface area contributed by atoms with E-state index in [0.29, 0.717) is 18.6 Å². The Balaban J connectivity index is 1.98. The van der Waals surface area contributed by atoms with Crippen molar-refractivity contribution in [1.82, 2.24) is 15.1 Å². The molecule has 2 saturated heterocycles. The zero-order valence-electron chi connectivity index (χ0n) is 11.7. The molecule has 0 amide bonds. The van der Waals surface area contributed by atoms with E-state index in [0.717, 1.165) is 25.9 Å². The number of likely N-dealkylation sites (tertiary alicyclic amines) is 1. The molecule has 112 valence electrons. The number of hydrogen-bond donors (Lipinski definition) is 1. The molecule has 19 heavy (non-hydrogen) atoms. The van der Waals surface area contributed by atoms with Gasteiger partial charge < -0.3 is 10.2 Å². The lowest BCUT2D eigenvalue weighted by atomic mass is 9.96. The monoisotopic (exact) mass is 279 g/mol. The number of alkyl halides is 3. The molecule has 1 N–H and O–H groups in total. The summed E-state index contributed by atoms with van der Waals surface area (Å²) in [5, 5.41) is 2.92. The van der Waals surface area contributed by atoms with Crippen LogP contribution in [0.3, 0.4) is 0 Å². The van der Waals surface area contributed by atoms with Gasteiger partial charge in [0, 0.05) is 38.3 Å². The predicted octanol–water partition coefficient (Wildman–Crippen LogP) is 1.55. The largest absolute Gasteiger partial charge is 0.394 e. The molecule has 2 aliphatic rings. The molecular formula is C13H24F3N3. The van der Waals surface area contributed by atoms with E-state index in [1.54, 1.807) is 0 Å². The maximum atomic E-state index is 12.9. The highest BCUT2D eigenvalue weighted by Crippen LogP contribution is 2.29. The third-order valence-electron chi connectivity index (χ3n) is 4.58. The van der Waals surface area contributed by atoms with Gasteiger partial charge in [-0.2, -0.15) is 13.2 Å². The van der Waals surface area contributed by atoms with Crippen LogP contribution in [-0.4, -0.2) is 67.8 Å². The van der Waals surface area contributed by atoms with E-state index in [-0.39, 0.29) is 13.1 Å². The van der Waals surface area contributed by atoms with Crippen LogP contribution < -0.4 is 5.32 Å². The molecule has 6 heteroatoms. The van der Waals surface area contributed by atoms with Crippen LogP contribution >= 0.6 is 0 Å². The summed E-state index contributed by atoms with van der Waals surface area (Å²) in [5.41, 5.74) is 0. The fourth-order valence-electron chi connectivity index (χ4n) is 3.08. The fraction of sp³-hybridized carbons (Fsp3) is 1.00. The zero-order chi connectivity index (χ0) is 14.0. The molecule has 3 atom stereocenters. The first-order valence-electron chi connectivity index (χ1n) is 7.09. The van der Waals surface area contributed by atoms with Crippen LogP contribution in [0.15, 0.2) is 0 Å². The second-order valence-corrected chi connectivity index (χ2v) is 5.95. The van der Waals surface area contributed by atoms with Crippen molar-refractivity contribution in [3.63, 3.8) is 0 Å². The Bertz CT molecular complexity index is 295. The van der Waals surface area contributed by atoms with E-state index in [4.69, 9.17) is 0 Å². The van der Waals surface area contributed by atoms with Gasteiger partial charge in [0.15, 0.2) is 0 Å². The van der Waals surface area contributed by atoms with Crippen molar-refractivity contribution in [2.24, 2.45) is 5.92 Å². The molecule has 2 heterocycles. The van der Waals surface area contributed by atoms with Crippen LogP contribution in [0.4, 0.5) is 13.2 Å². The first-order chi connectivity index (χ1) is 8.88. The summed E-state index contributed by atoms with van der Waals surface area (Å²) in [6, 6.07) is 0.759. The average Bonchev–Trinajstić information content (AvgIpc) is 2.58. The molecule has 0 aromatic heterocycles. The zero-order valence-corrected chi connectivity index (χ0v) is 11.7. The van der Waals surface area contributed by atoms with Crippen molar-refractivity contribution in [2.75, 3.05) is 39.8 Å². The summed E-state index contributed by atoms with van der Waals surface area (Å²) < 4.78 is 38.8. The van der Waals surface area contributed by atoms with Crippen LogP contribution in [0, 0.1) is 5.92 Å². The molecule has 0 spiro atoms. The van der Waals surface area contributed by atoms with Crippen LogP contribution in [0.25, 0.3) is 0 Å². The predicted molar refractivity (Wildman–Crippen MR) is 69.1 cm³/mol. The Labute approximate surface area is 113 Å². The van der Waals surface area contributed by atoms with Gasteiger partial charge in [0.05, 0.1) is 5.92 Å². The summed E-state index contributed by atoms with van der Waals surface area (Å²) in [7, 11) is 2.09. The maximum absolute atomic E-state index is 12.9. The minimum atomic E-state index is -4.09. The Hall–Kier alpha value is -0.330. The van der Waals surface area contributed by atoms with E-state index in [9.17, 15) is 13.2 Å². The number of nitrogens with one attached hydrogen (secondary N) is 1. The van der Waals surface area contributed by atoms with Crippen molar-refractivity contribution in [1.29, 1.82) is 0 Å². The van der Waals surface area contributed by atoms with Gasteiger partial charge in [0.1, 0.15) is 0 Å². The molecule has 0 saturated carbocycles. The summed E-state index contributed by atoms with van der Waals surface area (Å²) >= 11 is 0. The van der Waals surface area contributed by atoms with Gasteiger partial charge in [-0.1, -0.05) is 0 Å². The van der Waals surface area contributed by atoms with Gasteiger partial charge in [-0.3, -0.25) is 4.90 Å². The van der Waals surface area contributed by atoms with Crippen LogP contribution in [0.2, 0.25) is 0 Å². The third-order valence-corrected chi connectivity index (χ3v) is 4.58. The SMILES string of the molecule is CC1CC(N2CCNCC(C(F)(F)F)C2)CCN1C. The minimum absolute atomic E-state index is 0.0577. The summed E-state index contributed by atoms with van der Waals surface area (Å²) in [6.45, 7) is 4.73. The molecule has 3 unspecified atom stereocenters. The van der Waals surface area contributed by atoms with Gasteiger partial charge in [0.25, 0.3) is 0 Å². The Morgan fingerprint density at radius 3 is 2.58 bits per heavy atom. The maximum Gasteiger partial charge on any atom is 0.394 e. The van der Waals surface area contributed by atoms with Gasteiger partial charge >= 0.3 is 6.18 Å². The van der Waals surface area contributed by atoms with E-state index in [2.05, 4.69) is 29.1 Å². The summed E-state index contributed by atoms with van der Waals surface area (Å²) in [5.74, 6) is -1.23. The lowest BCUT2D eigenvalue weighted by Gasteiger charge is -2.41. The van der Waals surface area contributed by atoms with Gasteiger partial charge in [-0.25, -0.2) is 0 Å². The quantitative estimate of drug-likeness (QED) is 0.786. The number of piperidine rings is 1. The smallest absolute Gasteiger partial charge is 0.315 e. The lowest BCUT2D eigenvalue weighted by Crippen LogP contribution is -2.50. The van der Waals surface area contributed by atoms with E-state index >= 15 is 0 Å². The molecule has 2 rings (SSSR count). The first kappa shape index (κ1) is 15.1. The second kappa shape index (κ2) is 5.97. The molecule has 0 radical (unpaired) electrons. The lowest BCUT2D eigenvalue weighted by molar-refractivity contribution is -0.177. The minimum Gasteiger partial charge on any atom is -0.315 e. The molecule has 0 bridgehead atoms. The molecule has 2 fully saturated rings. The van der Waals surface area contributed by atoms with Gasteiger partial charge in [0.2, 0.25) is 0 Å². The highest BCUT2D eigenvalue weighted by atomic mass is 19.4. The molecule has 0 aliphatic carbocycles. The summed E-state index contributed by atoms with van der Waals surface area (Å²) in [4.78, 5) is 4.34. The number of rotatable bonds is 1. The van der Waals surface area contributed by atoms with Crippen molar-refractivity contribution >= 4 is 0 Å². The standard InChI is InChI=1S/C13H24F3N3/c1-10-7-12(3-5-18(10)2)19-6-4-17-8-11(9-19)13(14,15)16/h10-12,17H,3-9H2,1-2H3. The Morgan fingerprint density at radius 2 is 1.95 bits per heavy atom. The molecule has 2 aliphatic heterocycles. The average molecular weight is 279 g/mol. The highest BCUT2D eigenvalue weighted by Gasteiger charge is 2.42. The fourth-order valence-corrected chi connectivity index (χ4v) is 3.08. The van der Waals surface area contributed by atoms with Crippen molar-refractivity contribution in [3.8, 4) is 0 Å². The highest BCUT2D eigenvalue weighted by molar-refractivity contribution is 4.87. The van der Waals surface area contributed by atoms with Gasteiger partial charge in [-0.05, 0) is 33.4 Å². The molecule has 0 aromatic rings. The normalized spacial score (nSPS) is 36.2. The summed E-state index contributed by atoms with van der Waals surface area (Å²) in [6.07, 6.45) is -2.14. The first-order valence-corrected chi connectivity index (χ1v) is 7.09. The molecule has 0 aromatic carbocycles. The number of halogens is 3. The van der Waals surface area contributed by atoms with E-state index < -0.39 is 12.1 Å². The van der Waals surface area contributed by atoms with Crippen molar-refractivity contribution < 1.29 is 13.2 Å². The van der Waals surface area contributed by atoms with Crippen molar-refractivity contribution in [3.05, 3.63) is 0 Å². The van der Waals surface area contributed by atoms with Crippen molar-refractivity contribution in [2.45, 2.75) is 38.0 Å². The van der Waals surface area contributed by atoms with E-state index in [1.807, 2.05) is 0 Å². The molecular weight excluding hydrogens is 255 g/mol. The number of nitrogens with zero attached hydrogens (tertiary/aromatic N) is 2. The Kier molecular flexibility index (Phi) is 4.74. The van der Waals surface area contributed by atoms with E-state index in [1.165, 1.54) is 0 Å². The van der Waals surface area contributed by atoms with Gasteiger partial charge in [-0.15, -0.1) is 0 Å². The van der Waals surface area contributed by atoms with Crippen LogP contribution in [0.1, 0.15) is 19.8 Å². The Morgan fingerprint density at radius 1 is 1.21 bits per heavy atom. The number of hydrogen-bond acceptors (Lipinski definition) is 3.